The summed E-state index contributed by atoms with van der Waals surface area (Å²) in [6.45, 7) is 0. The molecule has 0 saturated carbocycles. The number of benzene rings is 3. The zero-order chi connectivity index (χ0) is 21.2. The van der Waals surface area contributed by atoms with Gasteiger partial charge < -0.3 is 10.1 Å². The zero-order valence-corrected chi connectivity index (χ0v) is 17.5. The van der Waals surface area contributed by atoms with Gasteiger partial charge in [-0.3, -0.25) is 4.79 Å². The standard InChI is InChI=1S/C27H26N2O2/c30-27(31)17-22-15-19-13-12-18(14-21(19)16-20-7-1-2-8-23(20)22)6-5-11-26-28-24-9-3-4-10-25(24)29-26/h1-4,7-10,12-14,22H,5-6,11,15-17H2,(H,28,29)(H,30,31). The first-order valence-electron chi connectivity index (χ1n) is 11.0. The van der Waals surface area contributed by atoms with E-state index < -0.39 is 5.97 Å². The van der Waals surface area contributed by atoms with Gasteiger partial charge in [-0.25, -0.2) is 4.98 Å². The summed E-state index contributed by atoms with van der Waals surface area (Å²) < 4.78 is 0. The monoisotopic (exact) mass is 410 g/mol. The van der Waals surface area contributed by atoms with Crippen LogP contribution in [0.3, 0.4) is 0 Å². The van der Waals surface area contributed by atoms with E-state index in [-0.39, 0.29) is 12.3 Å². The van der Waals surface area contributed by atoms with Crippen LogP contribution in [0.1, 0.15) is 52.4 Å². The van der Waals surface area contributed by atoms with E-state index >= 15 is 0 Å². The minimum absolute atomic E-state index is 0.0360. The molecule has 0 amide bonds. The quantitative estimate of drug-likeness (QED) is 0.445. The maximum Gasteiger partial charge on any atom is 0.303 e. The number of aryl methyl sites for hydroxylation is 2. The number of rotatable bonds is 6. The molecule has 4 aromatic rings. The largest absolute Gasteiger partial charge is 0.481 e. The fourth-order valence-electron chi connectivity index (χ4n) is 4.85. The van der Waals surface area contributed by atoms with Gasteiger partial charge in [0, 0.05) is 6.42 Å². The van der Waals surface area contributed by atoms with Gasteiger partial charge in [0.15, 0.2) is 0 Å². The van der Waals surface area contributed by atoms with Crippen LogP contribution in [-0.4, -0.2) is 21.0 Å². The number of hydrogen-bond donors (Lipinski definition) is 2. The summed E-state index contributed by atoms with van der Waals surface area (Å²) in [4.78, 5) is 19.5. The summed E-state index contributed by atoms with van der Waals surface area (Å²) in [5, 5.41) is 9.40. The molecule has 31 heavy (non-hydrogen) atoms. The zero-order valence-electron chi connectivity index (χ0n) is 17.5. The summed E-state index contributed by atoms with van der Waals surface area (Å²) in [6, 6.07) is 23.2. The number of para-hydroxylation sites is 2. The van der Waals surface area contributed by atoms with Crippen molar-refractivity contribution in [3.05, 3.63) is 100 Å². The number of carboxylic acids is 1. The van der Waals surface area contributed by atoms with Crippen molar-refractivity contribution < 1.29 is 9.90 Å². The van der Waals surface area contributed by atoms with Crippen LogP contribution in [0.25, 0.3) is 11.0 Å². The summed E-state index contributed by atoms with van der Waals surface area (Å²) in [5.41, 5.74) is 8.52. The topological polar surface area (TPSA) is 66.0 Å². The number of aromatic amines is 1. The number of carbonyl (C=O) groups is 1. The van der Waals surface area contributed by atoms with Gasteiger partial charge in [-0.2, -0.15) is 0 Å². The van der Waals surface area contributed by atoms with Gasteiger partial charge in [-0.05, 0) is 71.6 Å². The predicted octanol–water partition coefficient (Wildman–Crippen LogP) is 5.44. The fraction of sp³-hybridized carbons (Fsp3) is 0.259. The molecule has 4 nitrogen and oxygen atoms in total. The summed E-state index contributed by atoms with van der Waals surface area (Å²) in [7, 11) is 0. The second-order valence-corrected chi connectivity index (χ2v) is 8.53. The van der Waals surface area contributed by atoms with E-state index in [9.17, 15) is 9.90 Å². The van der Waals surface area contributed by atoms with Crippen molar-refractivity contribution in [1.29, 1.82) is 0 Å². The third kappa shape index (κ3) is 4.24. The molecule has 0 aliphatic heterocycles. The first-order valence-corrected chi connectivity index (χ1v) is 11.0. The van der Waals surface area contributed by atoms with Crippen LogP contribution in [0.4, 0.5) is 0 Å². The third-order valence-electron chi connectivity index (χ3n) is 6.35. The normalized spacial score (nSPS) is 15.3. The van der Waals surface area contributed by atoms with Crippen molar-refractivity contribution in [2.45, 2.75) is 44.4 Å². The molecule has 0 radical (unpaired) electrons. The van der Waals surface area contributed by atoms with Crippen molar-refractivity contribution in [2.24, 2.45) is 0 Å². The van der Waals surface area contributed by atoms with E-state index in [1.54, 1.807) is 0 Å². The molecular weight excluding hydrogens is 384 g/mol. The minimum atomic E-state index is -0.731. The van der Waals surface area contributed by atoms with Crippen molar-refractivity contribution in [2.75, 3.05) is 0 Å². The average Bonchev–Trinajstić information content (AvgIpc) is 3.11. The average molecular weight is 411 g/mol. The second kappa shape index (κ2) is 8.38. The van der Waals surface area contributed by atoms with Gasteiger partial charge in [0.2, 0.25) is 0 Å². The smallest absolute Gasteiger partial charge is 0.303 e. The maximum atomic E-state index is 11.4. The number of fused-ring (bicyclic) bond motifs is 3. The van der Waals surface area contributed by atoms with Gasteiger partial charge in [-0.1, -0.05) is 54.6 Å². The van der Waals surface area contributed by atoms with Crippen molar-refractivity contribution in [1.82, 2.24) is 9.97 Å². The molecule has 0 bridgehead atoms. The highest BCUT2D eigenvalue weighted by Crippen LogP contribution is 2.34. The Kier molecular flexibility index (Phi) is 5.29. The molecule has 1 atom stereocenters. The SMILES string of the molecule is O=C(O)CC1Cc2ccc(CCCc3nc4ccccc4[nH]3)cc2Cc2ccccc21. The molecule has 1 aliphatic carbocycles. The van der Waals surface area contributed by atoms with Crippen molar-refractivity contribution in [3.63, 3.8) is 0 Å². The van der Waals surface area contributed by atoms with Crippen LogP contribution >= 0.6 is 0 Å². The molecule has 1 aromatic heterocycles. The van der Waals surface area contributed by atoms with Crippen LogP contribution in [0.5, 0.6) is 0 Å². The molecule has 5 rings (SSSR count). The predicted molar refractivity (Wildman–Crippen MR) is 123 cm³/mol. The summed E-state index contributed by atoms with van der Waals surface area (Å²) in [6.07, 6.45) is 4.81. The number of aliphatic carboxylic acids is 1. The molecule has 1 aliphatic rings. The van der Waals surface area contributed by atoms with Crippen LogP contribution < -0.4 is 0 Å². The lowest BCUT2D eigenvalue weighted by atomic mass is 9.89. The van der Waals surface area contributed by atoms with E-state index in [4.69, 9.17) is 0 Å². The van der Waals surface area contributed by atoms with Crippen LogP contribution in [0, 0.1) is 0 Å². The minimum Gasteiger partial charge on any atom is -0.481 e. The fourth-order valence-corrected chi connectivity index (χ4v) is 4.85. The van der Waals surface area contributed by atoms with Crippen LogP contribution in [0.15, 0.2) is 66.7 Å². The number of carboxylic acid groups (broad SMARTS) is 1. The molecule has 3 aromatic carbocycles. The number of H-pyrrole nitrogens is 1. The Morgan fingerprint density at radius 1 is 0.968 bits per heavy atom. The Morgan fingerprint density at radius 2 is 1.81 bits per heavy atom. The van der Waals surface area contributed by atoms with Gasteiger partial charge in [0.05, 0.1) is 17.5 Å². The van der Waals surface area contributed by atoms with Crippen LogP contribution in [0.2, 0.25) is 0 Å². The Bertz CT molecular complexity index is 1210. The number of nitrogens with zero attached hydrogens (tertiary/aromatic N) is 1. The molecule has 0 fully saturated rings. The maximum absolute atomic E-state index is 11.4. The van der Waals surface area contributed by atoms with E-state index in [0.717, 1.165) is 49.0 Å². The van der Waals surface area contributed by atoms with Gasteiger partial charge >= 0.3 is 5.97 Å². The van der Waals surface area contributed by atoms with Crippen LogP contribution in [-0.2, 0) is 30.5 Å². The Labute approximate surface area is 182 Å². The second-order valence-electron chi connectivity index (χ2n) is 8.53. The third-order valence-corrected chi connectivity index (χ3v) is 6.35. The highest BCUT2D eigenvalue weighted by atomic mass is 16.4. The Balaban J connectivity index is 1.32. The molecule has 0 spiro atoms. The van der Waals surface area contributed by atoms with Gasteiger partial charge in [0.1, 0.15) is 5.82 Å². The molecular formula is C27H26N2O2. The van der Waals surface area contributed by atoms with Crippen molar-refractivity contribution in [3.8, 4) is 0 Å². The first kappa shape index (κ1) is 19.6. The van der Waals surface area contributed by atoms with Gasteiger partial charge in [0.25, 0.3) is 0 Å². The highest BCUT2D eigenvalue weighted by Gasteiger charge is 2.24. The van der Waals surface area contributed by atoms with Gasteiger partial charge in [-0.15, -0.1) is 0 Å². The van der Waals surface area contributed by atoms with E-state index in [1.807, 2.05) is 24.3 Å². The Morgan fingerprint density at radius 3 is 2.68 bits per heavy atom. The number of nitrogens with one attached hydrogen (secondary N) is 1. The van der Waals surface area contributed by atoms with E-state index in [0.29, 0.717) is 0 Å². The highest BCUT2D eigenvalue weighted by molar-refractivity contribution is 5.74. The molecule has 1 unspecified atom stereocenters. The molecule has 4 heteroatoms. The number of hydrogen-bond acceptors (Lipinski definition) is 2. The number of aromatic nitrogens is 2. The summed E-state index contributed by atoms with van der Waals surface area (Å²) in [5.74, 6) is 0.348. The molecule has 0 saturated heterocycles. The molecule has 2 N–H and O–H groups in total. The number of imidazole rings is 1. The molecule has 1 heterocycles. The van der Waals surface area contributed by atoms with E-state index in [2.05, 4.69) is 52.4 Å². The lowest BCUT2D eigenvalue weighted by molar-refractivity contribution is -0.137. The first-order chi connectivity index (χ1) is 15.2. The van der Waals surface area contributed by atoms with Crippen molar-refractivity contribution >= 4 is 17.0 Å². The lowest BCUT2D eigenvalue weighted by Gasteiger charge is -2.15. The van der Waals surface area contributed by atoms with E-state index in [1.165, 1.54) is 27.8 Å². The molecule has 156 valence electrons. The summed E-state index contributed by atoms with van der Waals surface area (Å²) >= 11 is 0. The lowest BCUT2D eigenvalue weighted by Crippen LogP contribution is -2.09. The Hall–Kier alpha value is -3.40.